The number of para-hydroxylation sites is 1. The summed E-state index contributed by atoms with van der Waals surface area (Å²) in [5.41, 5.74) is -1.76. The van der Waals surface area contributed by atoms with Crippen molar-refractivity contribution in [2.24, 2.45) is 0 Å². The Morgan fingerprint density at radius 1 is 1.36 bits per heavy atom. The van der Waals surface area contributed by atoms with Crippen LogP contribution < -0.4 is 14.9 Å². The molecule has 2 heterocycles. The van der Waals surface area contributed by atoms with Crippen molar-refractivity contribution < 1.29 is 38.3 Å². The molecule has 0 radical (unpaired) electrons. The molecule has 36 heavy (non-hydrogen) atoms. The molecule has 2 aliphatic heterocycles. The number of benzene rings is 1. The van der Waals surface area contributed by atoms with E-state index in [0.717, 1.165) is 0 Å². The zero-order chi connectivity index (χ0) is 26.7. The summed E-state index contributed by atoms with van der Waals surface area (Å²) in [4.78, 5) is 25.3. The van der Waals surface area contributed by atoms with Crippen molar-refractivity contribution in [1.82, 2.24) is 15.3 Å². The second-order valence-corrected chi connectivity index (χ2v) is 12.0. The summed E-state index contributed by atoms with van der Waals surface area (Å²) in [5, 5.41) is 27.3. The van der Waals surface area contributed by atoms with Crippen LogP contribution in [0.2, 0.25) is 0 Å². The molecule has 0 aliphatic carbocycles. The van der Waals surface area contributed by atoms with Crippen molar-refractivity contribution in [3.05, 3.63) is 55.0 Å². The molecule has 4 N–H and O–H groups in total. The number of hydrogen-bond acceptors (Lipinski definition) is 10. The molecular formula is C23H32N3O8PS. The first kappa shape index (κ1) is 28.3. The van der Waals surface area contributed by atoms with Crippen molar-refractivity contribution in [2.75, 3.05) is 6.61 Å². The molecule has 2 aliphatic rings. The highest BCUT2D eigenvalue weighted by atomic mass is 32.5. The Morgan fingerprint density at radius 3 is 2.64 bits per heavy atom. The molecule has 0 bridgehead atoms. The number of carbonyl (C=O) groups is 2. The molecule has 6 atom stereocenters. The second kappa shape index (κ2) is 11.4. The lowest BCUT2D eigenvalue weighted by Crippen LogP contribution is -2.53. The fourth-order valence-electron chi connectivity index (χ4n) is 3.59. The average molecular weight is 542 g/mol. The van der Waals surface area contributed by atoms with Crippen LogP contribution in [0.25, 0.3) is 0 Å². The molecule has 3 rings (SSSR count). The van der Waals surface area contributed by atoms with Crippen LogP contribution in [0.15, 0.2) is 55.0 Å². The number of ether oxygens (including phenoxy) is 2. The minimum Gasteiger partial charge on any atom is -0.462 e. The van der Waals surface area contributed by atoms with E-state index in [-0.39, 0.29) is 24.4 Å². The summed E-state index contributed by atoms with van der Waals surface area (Å²) in [6, 6.07) is 7.85. The summed E-state index contributed by atoms with van der Waals surface area (Å²) >= 11 is 5.67. The van der Waals surface area contributed by atoms with Gasteiger partial charge in [-0.05, 0) is 51.6 Å². The summed E-state index contributed by atoms with van der Waals surface area (Å²) in [5.74, 6) is -0.305. The number of esters is 1. The van der Waals surface area contributed by atoms with Crippen LogP contribution in [0.1, 0.15) is 27.7 Å². The van der Waals surface area contributed by atoms with Crippen molar-refractivity contribution >= 4 is 30.3 Å². The van der Waals surface area contributed by atoms with E-state index in [9.17, 15) is 19.8 Å². The second-order valence-electron chi connectivity index (χ2n) is 8.89. The van der Waals surface area contributed by atoms with Gasteiger partial charge in [-0.25, -0.2) is 5.09 Å². The lowest BCUT2D eigenvalue weighted by Gasteiger charge is -2.37. The minimum absolute atomic E-state index is 0.179. The smallest absolute Gasteiger partial charge is 0.323 e. The van der Waals surface area contributed by atoms with Gasteiger partial charge in [-0.1, -0.05) is 24.8 Å². The molecule has 11 nitrogen and oxygen atoms in total. The van der Waals surface area contributed by atoms with Gasteiger partial charge in [-0.2, -0.15) is 0 Å². The van der Waals surface area contributed by atoms with Gasteiger partial charge in [0.1, 0.15) is 35.4 Å². The van der Waals surface area contributed by atoms with Crippen molar-refractivity contribution in [2.45, 2.75) is 63.9 Å². The third-order valence-corrected chi connectivity index (χ3v) is 7.91. The maximum atomic E-state index is 12.4. The van der Waals surface area contributed by atoms with Gasteiger partial charge in [0, 0.05) is 12.3 Å². The topological polar surface area (TPSA) is 139 Å². The van der Waals surface area contributed by atoms with E-state index in [1.165, 1.54) is 24.1 Å². The summed E-state index contributed by atoms with van der Waals surface area (Å²) in [7, 11) is 0. The maximum Gasteiger partial charge on any atom is 0.323 e. The van der Waals surface area contributed by atoms with Gasteiger partial charge in [-0.3, -0.25) is 9.59 Å². The van der Waals surface area contributed by atoms with Crippen LogP contribution in [-0.4, -0.2) is 69.8 Å². The lowest BCUT2D eigenvalue weighted by atomic mass is 9.96. The predicted molar refractivity (Wildman–Crippen MR) is 135 cm³/mol. The molecule has 1 amide bonds. The first-order chi connectivity index (χ1) is 16.8. The monoisotopic (exact) mass is 541 g/mol. The van der Waals surface area contributed by atoms with E-state index in [0.29, 0.717) is 5.75 Å². The number of amides is 1. The highest BCUT2D eigenvalue weighted by Gasteiger charge is 2.55. The molecule has 13 heteroatoms. The predicted octanol–water partition coefficient (Wildman–Crippen LogP) is 1.49. The van der Waals surface area contributed by atoms with E-state index in [1.807, 2.05) is 6.07 Å². The maximum absolute atomic E-state index is 12.4. The van der Waals surface area contributed by atoms with Crippen LogP contribution in [0.4, 0.5) is 0 Å². The third kappa shape index (κ3) is 6.71. The Morgan fingerprint density at radius 2 is 2.03 bits per heavy atom. The van der Waals surface area contributed by atoms with Crippen molar-refractivity contribution in [3.63, 3.8) is 0 Å². The number of nitrogens with one attached hydrogen (secondary N) is 2. The van der Waals surface area contributed by atoms with Crippen molar-refractivity contribution in [1.29, 1.82) is 0 Å². The number of rotatable bonds is 10. The van der Waals surface area contributed by atoms with Crippen LogP contribution in [0.5, 0.6) is 5.75 Å². The Kier molecular flexibility index (Phi) is 8.94. The Hall–Kier alpha value is -2.31. The zero-order valence-corrected chi connectivity index (χ0v) is 22.2. The van der Waals surface area contributed by atoms with Crippen LogP contribution in [0.3, 0.4) is 0 Å². The largest absolute Gasteiger partial charge is 0.462 e. The van der Waals surface area contributed by atoms with Gasteiger partial charge < -0.3 is 39.0 Å². The Balaban J connectivity index is 1.76. The van der Waals surface area contributed by atoms with Crippen LogP contribution in [-0.2, 0) is 35.4 Å². The summed E-state index contributed by atoms with van der Waals surface area (Å²) in [6.45, 7) is 6.55. The number of aliphatic hydroxyl groups excluding tert-OH is 1. The highest BCUT2D eigenvalue weighted by Crippen LogP contribution is 2.46. The van der Waals surface area contributed by atoms with E-state index >= 15 is 0 Å². The first-order valence-corrected chi connectivity index (χ1v) is 14.0. The fourth-order valence-corrected chi connectivity index (χ4v) is 6.01. The molecule has 1 unspecified atom stereocenters. The first-order valence-electron chi connectivity index (χ1n) is 11.3. The normalized spacial score (nSPS) is 28.5. The zero-order valence-electron chi connectivity index (χ0n) is 20.5. The van der Waals surface area contributed by atoms with Gasteiger partial charge in [0.25, 0.3) is 5.91 Å². The SMILES string of the molecule is C=C1NC(=O)C=CN1[C@@H]1O[C@H](COP(=S)(N[C@@H](C)C(=O)OC(C)C)Oc2ccccc2)[C@@H](O)[C@@]1(C)O. The third-order valence-electron chi connectivity index (χ3n) is 5.41. The van der Waals surface area contributed by atoms with Gasteiger partial charge in [-0.15, -0.1) is 0 Å². The molecule has 0 spiro atoms. The van der Waals surface area contributed by atoms with Crippen LogP contribution in [0, 0.1) is 0 Å². The molecule has 198 valence electrons. The molecular weight excluding hydrogens is 509 g/mol. The fraction of sp³-hybridized carbons (Fsp3) is 0.478. The minimum atomic E-state index is -3.38. The quantitative estimate of drug-likeness (QED) is 0.253. The molecule has 1 saturated heterocycles. The standard InChI is InChI=1S/C23H32N3O8PS/c1-14(2)32-21(29)15(3)25-35(36,34-17-9-7-6-8-10-17)31-13-18-20(28)23(5,30)22(33-18)26-12-11-19(27)24-16(26)4/h6-12,14-15,18,20,22,28,30H,4,13H2,1-3,5H3,(H,24,27)(H,25,36)/t15-,18+,20+,22+,23+,35?/m0/s1. The molecule has 1 aromatic carbocycles. The van der Waals surface area contributed by atoms with E-state index in [4.69, 9.17) is 30.3 Å². The van der Waals surface area contributed by atoms with E-state index in [2.05, 4.69) is 17.0 Å². The number of carbonyl (C=O) groups excluding carboxylic acids is 2. The molecule has 0 aromatic heterocycles. The summed E-state index contributed by atoms with van der Waals surface area (Å²) < 4.78 is 23.1. The Bertz CT molecular complexity index is 1050. The van der Waals surface area contributed by atoms with E-state index in [1.54, 1.807) is 45.0 Å². The summed E-state index contributed by atoms with van der Waals surface area (Å²) in [6.07, 6.45) is -1.15. The van der Waals surface area contributed by atoms with Gasteiger partial charge in [0.05, 0.1) is 12.7 Å². The van der Waals surface area contributed by atoms with Gasteiger partial charge in [0.2, 0.25) is 0 Å². The number of nitrogens with zero attached hydrogens (tertiary/aromatic N) is 1. The average Bonchev–Trinajstić information content (AvgIpc) is 3.01. The lowest BCUT2D eigenvalue weighted by molar-refractivity contribution is -0.149. The van der Waals surface area contributed by atoms with Gasteiger partial charge in [0.15, 0.2) is 6.23 Å². The molecule has 1 aromatic rings. The van der Waals surface area contributed by atoms with Crippen LogP contribution >= 0.6 is 6.64 Å². The highest BCUT2D eigenvalue weighted by molar-refractivity contribution is 8.09. The number of aliphatic hydroxyl groups is 2. The molecule has 0 saturated carbocycles. The van der Waals surface area contributed by atoms with Gasteiger partial charge >= 0.3 is 12.6 Å². The number of hydrogen-bond donors (Lipinski definition) is 4. The Labute approximate surface area is 215 Å². The molecule has 1 fully saturated rings. The van der Waals surface area contributed by atoms with E-state index < -0.39 is 42.7 Å². The van der Waals surface area contributed by atoms with Crippen molar-refractivity contribution in [3.8, 4) is 5.75 Å².